The molecule has 3 rings (SSSR count). The lowest BCUT2D eigenvalue weighted by molar-refractivity contribution is 0.190. The number of ether oxygens (including phenoxy) is 1. The average molecular weight is 378 g/mol. The second-order valence-corrected chi connectivity index (χ2v) is 6.92. The molecule has 0 radical (unpaired) electrons. The van der Waals surface area contributed by atoms with Gasteiger partial charge in [0.25, 0.3) is 5.56 Å². The van der Waals surface area contributed by atoms with E-state index in [1.165, 1.54) is 11.1 Å². The smallest absolute Gasteiger partial charge is 0.262 e. The Morgan fingerprint density at radius 1 is 1.14 bits per heavy atom. The fourth-order valence-corrected chi connectivity index (χ4v) is 3.11. The van der Waals surface area contributed by atoms with Crippen molar-refractivity contribution >= 4 is 23.1 Å². The maximum atomic E-state index is 12.9. The van der Waals surface area contributed by atoms with Gasteiger partial charge in [0.05, 0.1) is 17.1 Å². The minimum atomic E-state index is -0.0817. The van der Waals surface area contributed by atoms with Crippen molar-refractivity contribution in [1.29, 1.82) is 0 Å². The fraction of sp³-hybridized carbons (Fsp3) is 0.318. The van der Waals surface area contributed by atoms with Gasteiger partial charge < -0.3 is 4.74 Å². The van der Waals surface area contributed by atoms with Crippen molar-refractivity contribution in [3.63, 3.8) is 0 Å². The lowest BCUT2D eigenvalue weighted by atomic mass is 10.0. The van der Waals surface area contributed by atoms with Crippen molar-refractivity contribution in [3.05, 3.63) is 69.0 Å². The van der Waals surface area contributed by atoms with Crippen LogP contribution in [0.5, 0.6) is 0 Å². The molecular formula is C22H26N4O2. The first-order valence-electron chi connectivity index (χ1n) is 9.36. The zero-order chi connectivity index (χ0) is 20.1. The molecule has 1 heterocycles. The number of hydrogen-bond acceptors (Lipinski definition) is 5. The van der Waals surface area contributed by atoms with Gasteiger partial charge in [-0.1, -0.05) is 18.2 Å². The van der Waals surface area contributed by atoms with Crippen molar-refractivity contribution in [2.75, 3.05) is 19.1 Å². The lowest BCUT2D eigenvalue weighted by Crippen LogP contribution is -2.25. The van der Waals surface area contributed by atoms with Crippen molar-refractivity contribution in [3.8, 4) is 0 Å². The van der Waals surface area contributed by atoms with Crippen LogP contribution in [0.4, 0.5) is 5.95 Å². The van der Waals surface area contributed by atoms with Crippen LogP contribution in [0.3, 0.4) is 0 Å². The first-order valence-corrected chi connectivity index (χ1v) is 9.36. The van der Waals surface area contributed by atoms with E-state index in [-0.39, 0.29) is 5.56 Å². The molecule has 6 nitrogen and oxygen atoms in total. The Morgan fingerprint density at radius 3 is 2.68 bits per heavy atom. The summed E-state index contributed by atoms with van der Waals surface area (Å²) >= 11 is 0. The molecule has 1 aromatic heterocycles. The number of aryl methyl sites for hydroxylation is 3. The van der Waals surface area contributed by atoms with Crippen LogP contribution in [-0.4, -0.2) is 29.5 Å². The summed E-state index contributed by atoms with van der Waals surface area (Å²) in [5.41, 5.74) is 8.18. The molecule has 0 atom stereocenters. The Labute approximate surface area is 164 Å². The Balaban J connectivity index is 1.94. The van der Waals surface area contributed by atoms with Gasteiger partial charge in [-0.15, -0.1) is 0 Å². The number of nitrogens with one attached hydrogen (secondary N) is 1. The highest BCUT2D eigenvalue weighted by molar-refractivity contribution is 5.83. The van der Waals surface area contributed by atoms with E-state index in [2.05, 4.69) is 48.4 Å². The number of hydrazone groups is 1. The molecule has 0 unspecified atom stereocenters. The van der Waals surface area contributed by atoms with E-state index in [4.69, 9.17) is 4.74 Å². The highest BCUT2D eigenvalue weighted by Crippen LogP contribution is 2.15. The number of nitrogens with zero attached hydrogens (tertiary/aromatic N) is 3. The molecule has 2 aromatic carbocycles. The van der Waals surface area contributed by atoms with Crippen LogP contribution in [0.1, 0.15) is 28.7 Å². The zero-order valence-electron chi connectivity index (χ0n) is 16.8. The van der Waals surface area contributed by atoms with Crippen molar-refractivity contribution in [2.24, 2.45) is 5.10 Å². The van der Waals surface area contributed by atoms with Crippen molar-refractivity contribution in [2.45, 2.75) is 33.7 Å². The molecule has 6 heteroatoms. The van der Waals surface area contributed by atoms with Gasteiger partial charge in [-0.2, -0.15) is 5.10 Å². The average Bonchev–Trinajstić information content (AvgIpc) is 2.68. The van der Waals surface area contributed by atoms with Crippen LogP contribution in [0.2, 0.25) is 0 Å². The topological polar surface area (TPSA) is 68.5 Å². The Kier molecular flexibility index (Phi) is 6.21. The summed E-state index contributed by atoms with van der Waals surface area (Å²) in [5, 5.41) is 4.95. The third-order valence-electron chi connectivity index (χ3n) is 4.84. The second kappa shape index (κ2) is 8.80. The summed E-state index contributed by atoms with van der Waals surface area (Å²) in [6.07, 6.45) is 2.48. The lowest BCUT2D eigenvalue weighted by Gasteiger charge is -2.12. The maximum Gasteiger partial charge on any atom is 0.262 e. The second-order valence-electron chi connectivity index (χ2n) is 6.92. The molecule has 0 amide bonds. The number of para-hydroxylation sites is 1. The first-order chi connectivity index (χ1) is 13.5. The number of anilines is 1. The van der Waals surface area contributed by atoms with E-state index < -0.39 is 0 Å². The number of methoxy groups -OCH3 is 1. The minimum Gasteiger partial charge on any atom is -0.385 e. The van der Waals surface area contributed by atoms with Gasteiger partial charge in [-0.3, -0.25) is 9.36 Å². The van der Waals surface area contributed by atoms with E-state index in [0.717, 1.165) is 11.1 Å². The summed E-state index contributed by atoms with van der Waals surface area (Å²) in [6, 6.07) is 11.6. The molecule has 0 fully saturated rings. The van der Waals surface area contributed by atoms with Crippen LogP contribution in [0, 0.1) is 20.8 Å². The molecule has 0 aliphatic carbocycles. The van der Waals surface area contributed by atoms with Gasteiger partial charge in [0.2, 0.25) is 5.95 Å². The number of hydrogen-bond donors (Lipinski definition) is 1. The number of aromatic nitrogens is 2. The van der Waals surface area contributed by atoms with Crippen LogP contribution in [0.15, 0.2) is 46.3 Å². The minimum absolute atomic E-state index is 0.0817. The van der Waals surface area contributed by atoms with Gasteiger partial charge >= 0.3 is 0 Å². The Bertz CT molecular complexity index is 1070. The molecule has 0 aliphatic rings. The van der Waals surface area contributed by atoms with E-state index in [1.807, 2.05) is 18.2 Å². The number of fused-ring (bicyclic) bond motifs is 1. The van der Waals surface area contributed by atoms with E-state index in [1.54, 1.807) is 24.0 Å². The standard InChI is InChI=1S/C22H26N4O2/c1-15-12-17(3)18(13-16(15)2)14-23-25-22-24-20-9-6-5-8-19(20)21(27)26(22)10-7-11-28-4/h5-6,8-9,12-14H,7,10-11H2,1-4H3,(H,24,25)/b23-14-. The Morgan fingerprint density at radius 2 is 1.89 bits per heavy atom. The van der Waals surface area contributed by atoms with E-state index >= 15 is 0 Å². The van der Waals surface area contributed by atoms with Crippen molar-refractivity contribution in [1.82, 2.24) is 9.55 Å². The predicted octanol–water partition coefficient (Wildman–Crippen LogP) is 3.80. The third-order valence-corrected chi connectivity index (χ3v) is 4.84. The van der Waals surface area contributed by atoms with Gasteiger partial charge in [-0.05, 0) is 67.6 Å². The van der Waals surface area contributed by atoms with Crippen LogP contribution >= 0.6 is 0 Å². The third kappa shape index (κ3) is 4.28. The maximum absolute atomic E-state index is 12.9. The van der Waals surface area contributed by atoms with Crippen LogP contribution in [0.25, 0.3) is 10.9 Å². The monoisotopic (exact) mass is 378 g/mol. The summed E-state index contributed by atoms with van der Waals surface area (Å²) in [5.74, 6) is 0.428. The van der Waals surface area contributed by atoms with Gasteiger partial charge in [0, 0.05) is 20.3 Å². The highest BCUT2D eigenvalue weighted by Gasteiger charge is 2.10. The SMILES string of the molecule is COCCCn1c(N/N=C\c2cc(C)c(C)cc2C)nc2ccccc2c1=O. The largest absolute Gasteiger partial charge is 0.385 e. The summed E-state index contributed by atoms with van der Waals surface area (Å²) in [6.45, 7) is 7.31. The highest BCUT2D eigenvalue weighted by atomic mass is 16.5. The molecule has 0 aliphatic heterocycles. The summed E-state index contributed by atoms with van der Waals surface area (Å²) in [4.78, 5) is 17.5. The van der Waals surface area contributed by atoms with Crippen molar-refractivity contribution < 1.29 is 4.74 Å². The fourth-order valence-electron chi connectivity index (χ4n) is 3.11. The van der Waals surface area contributed by atoms with Gasteiger partial charge in [-0.25, -0.2) is 10.4 Å². The Hall–Kier alpha value is -2.99. The number of rotatable bonds is 7. The molecular weight excluding hydrogens is 352 g/mol. The molecule has 0 bridgehead atoms. The van der Waals surface area contributed by atoms with Crippen LogP contribution < -0.4 is 11.0 Å². The van der Waals surface area contributed by atoms with Gasteiger partial charge in [0.1, 0.15) is 0 Å². The van der Waals surface area contributed by atoms with Crippen LogP contribution in [-0.2, 0) is 11.3 Å². The zero-order valence-corrected chi connectivity index (χ0v) is 16.8. The molecule has 146 valence electrons. The van der Waals surface area contributed by atoms with E-state index in [0.29, 0.717) is 36.4 Å². The first kappa shape index (κ1) is 19.8. The normalized spacial score (nSPS) is 11.4. The molecule has 0 saturated carbocycles. The summed E-state index contributed by atoms with van der Waals surface area (Å²) < 4.78 is 6.73. The molecule has 3 aromatic rings. The molecule has 28 heavy (non-hydrogen) atoms. The molecule has 0 spiro atoms. The quantitative estimate of drug-likeness (QED) is 0.386. The number of benzene rings is 2. The summed E-state index contributed by atoms with van der Waals surface area (Å²) in [7, 11) is 1.65. The molecule has 1 N–H and O–H groups in total. The van der Waals surface area contributed by atoms with E-state index in [9.17, 15) is 4.79 Å². The molecule has 0 saturated heterocycles. The predicted molar refractivity (Wildman–Crippen MR) is 114 cm³/mol. The van der Waals surface area contributed by atoms with Gasteiger partial charge in [0.15, 0.2) is 0 Å².